The molecule has 40 heavy (non-hydrogen) atoms. The molecule has 0 aliphatic heterocycles. The third kappa shape index (κ3) is 9.12. The fourth-order valence-corrected chi connectivity index (χ4v) is 4.96. The first-order chi connectivity index (χ1) is 18.9. The Kier molecular flexibility index (Phi) is 10.7. The first-order valence-corrected chi connectivity index (χ1v) is 15.2. The number of carbonyl (C=O) groups excluding carboxylic acids is 2. The van der Waals surface area contributed by atoms with Gasteiger partial charge in [-0.05, 0) is 55.2 Å². The van der Waals surface area contributed by atoms with Crippen molar-refractivity contribution in [2.24, 2.45) is 5.92 Å². The van der Waals surface area contributed by atoms with Crippen LogP contribution in [0.25, 0.3) is 0 Å². The normalized spacial score (nSPS) is 12.1. The second-order valence-corrected chi connectivity index (χ2v) is 12.3. The molecule has 0 saturated carbocycles. The highest BCUT2D eigenvalue weighted by Crippen LogP contribution is 2.23. The minimum absolute atomic E-state index is 0.167. The van der Waals surface area contributed by atoms with Gasteiger partial charge in [-0.3, -0.25) is 13.9 Å². The van der Waals surface area contributed by atoms with Gasteiger partial charge in [0.2, 0.25) is 21.8 Å². The average Bonchev–Trinajstić information content (AvgIpc) is 2.92. The molecular formula is C31H39N3O5S. The minimum Gasteiger partial charge on any atom is -0.489 e. The Morgan fingerprint density at radius 1 is 0.900 bits per heavy atom. The summed E-state index contributed by atoms with van der Waals surface area (Å²) in [7, 11) is -3.82. The van der Waals surface area contributed by atoms with Crippen LogP contribution in [-0.4, -0.2) is 50.5 Å². The average molecular weight is 566 g/mol. The van der Waals surface area contributed by atoms with Crippen molar-refractivity contribution >= 4 is 27.5 Å². The maximum absolute atomic E-state index is 13.7. The lowest BCUT2D eigenvalue weighted by Crippen LogP contribution is -2.51. The Bertz CT molecular complexity index is 1380. The van der Waals surface area contributed by atoms with Crippen LogP contribution in [0.5, 0.6) is 5.75 Å². The summed E-state index contributed by atoms with van der Waals surface area (Å²) in [6.45, 7) is 8.16. The molecule has 0 aromatic heterocycles. The van der Waals surface area contributed by atoms with Gasteiger partial charge in [-0.2, -0.15) is 0 Å². The molecule has 2 amide bonds. The van der Waals surface area contributed by atoms with Gasteiger partial charge in [0.25, 0.3) is 0 Å². The fourth-order valence-electron chi connectivity index (χ4n) is 4.11. The summed E-state index contributed by atoms with van der Waals surface area (Å²) in [5, 5.41) is 2.88. The molecule has 0 saturated heterocycles. The van der Waals surface area contributed by atoms with Gasteiger partial charge in [0.05, 0.1) is 11.9 Å². The SMILES string of the molecule is Cc1cccc(CN(C(=O)CN(c2ccc(OCc3ccccc3)cc2)S(C)(=O)=O)[C@@H](C)C(=O)NCC(C)C)c1. The van der Waals surface area contributed by atoms with Crippen molar-refractivity contribution in [3.8, 4) is 5.75 Å². The first kappa shape index (κ1) is 30.7. The summed E-state index contributed by atoms with van der Waals surface area (Å²) in [5.41, 5.74) is 3.21. The van der Waals surface area contributed by atoms with Crippen molar-refractivity contribution in [3.05, 3.63) is 95.6 Å². The van der Waals surface area contributed by atoms with Crippen LogP contribution in [0.4, 0.5) is 5.69 Å². The lowest BCUT2D eigenvalue weighted by atomic mass is 10.1. The fraction of sp³-hybridized carbons (Fsp3) is 0.355. The van der Waals surface area contributed by atoms with Gasteiger partial charge in [-0.1, -0.05) is 74.0 Å². The molecule has 1 atom stereocenters. The third-order valence-electron chi connectivity index (χ3n) is 6.34. The van der Waals surface area contributed by atoms with Crippen LogP contribution >= 0.6 is 0 Å². The molecular weight excluding hydrogens is 526 g/mol. The largest absolute Gasteiger partial charge is 0.489 e. The summed E-state index contributed by atoms with van der Waals surface area (Å²) in [6.07, 6.45) is 1.06. The van der Waals surface area contributed by atoms with Crippen molar-refractivity contribution < 1.29 is 22.7 Å². The van der Waals surface area contributed by atoms with Crippen molar-refractivity contribution in [1.29, 1.82) is 0 Å². The van der Waals surface area contributed by atoms with Crippen LogP contribution in [0.3, 0.4) is 0 Å². The van der Waals surface area contributed by atoms with Gasteiger partial charge in [-0.15, -0.1) is 0 Å². The summed E-state index contributed by atoms with van der Waals surface area (Å²) in [6, 6.07) is 23.1. The van der Waals surface area contributed by atoms with E-state index in [1.165, 1.54) is 4.90 Å². The van der Waals surface area contributed by atoms with Gasteiger partial charge >= 0.3 is 0 Å². The Balaban J connectivity index is 1.81. The van der Waals surface area contributed by atoms with Gasteiger partial charge < -0.3 is 15.0 Å². The summed E-state index contributed by atoms with van der Waals surface area (Å²) < 4.78 is 32.5. The number of ether oxygens (including phenoxy) is 1. The number of nitrogens with zero attached hydrogens (tertiary/aromatic N) is 2. The number of amides is 2. The van der Waals surface area contributed by atoms with Crippen LogP contribution in [0.1, 0.15) is 37.5 Å². The molecule has 3 aromatic rings. The molecule has 214 valence electrons. The predicted octanol–water partition coefficient (Wildman–Crippen LogP) is 4.53. The highest BCUT2D eigenvalue weighted by atomic mass is 32.2. The molecule has 0 fully saturated rings. The monoisotopic (exact) mass is 565 g/mol. The summed E-state index contributed by atoms with van der Waals surface area (Å²) >= 11 is 0. The Hall–Kier alpha value is -3.85. The number of hydrogen-bond donors (Lipinski definition) is 1. The highest BCUT2D eigenvalue weighted by Gasteiger charge is 2.30. The van der Waals surface area contributed by atoms with E-state index in [2.05, 4.69) is 5.32 Å². The second-order valence-electron chi connectivity index (χ2n) is 10.4. The standard InChI is InChI=1S/C31H39N3O5S/c1-23(2)19-32-31(36)25(4)33(20-27-13-9-10-24(3)18-27)30(35)21-34(40(5,37)38)28-14-16-29(17-15-28)39-22-26-11-7-6-8-12-26/h6-18,23,25H,19-22H2,1-5H3,(H,32,36)/t25-/m0/s1. The van der Waals surface area contributed by atoms with Gasteiger partial charge in [0, 0.05) is 13.1 Å². The highest BCUT2D eigenvalue weighted by molar-refractivity contribution is 7.92. The Labute approximate surface area is 238 Å². The molecule has 3 rings (SSSR count). The molecule has 8 nitrogen and oxygen atoms in total. The van der Waals surface area contributed by atoms with E-state index in [0.717, 1.165) is 27.3 Å². The number of anilines is 1. The van der Waals surface area contributed by atoms with Gasteiger partial charge in [0.1, 0.15) is 24.9 Å². The van der Waals surface area contributed by atoms with Gasteiger partial charge in [-0.25, -0.2) is 8.42 Å². The summed E-state index contributed by atoms with van der Waals surface area (Å²) in [5.74, 6) is 0.0467. The third-order valence-corrected chi connectivity index (χ3v) is 7.48. The van der Waals surface area contributed by atoms with E-state index in [4.69, 9.17) is 4.74 Å². The van der Waals surface area contributed by atoms with Crippen LogP contribution in [-0.2, 0) is 32.8 Å². The quantitative estimate of drug-likeness (QED) is 0.329. The second kappa shape index (κ2) is 14.0. The van der Waals surface area contributed by atoms with E-state index < -0.39 is 28.5 Å². The van der Waals surface area contributed by atoms with Crippen LogP contribution < -0.4 is 14.4 Å². The zero-order valence-corrected chi connectivity index (χ0v) is 24.6. The molecule has 0 unspecified atom stereocenters. The first-order valence-electron chi connectivity index (χ1n) is 13.3. The number of rotatable bonds is 13. The van der Waals surface area contributed by atoms with E-state index in [1.54, 1.807) is 31.2 Å². The maximum Gasteiger partial charge on any atom is 0.244 e. The minimum atomic E-state index is -3.82. The van der Waals surface area contributed by atoms with Crippen molar-refractivity contribution in [2.45, 2.75) is 46.9 Å². The number of nitrogens with one attached hydrogen (secondary N) is 1. The molecule has 0 radical (unpaired) electrons. The smallest absolute Gasteiger partial charge is 0.244 e. The molecule has 9 heteroatoms. The Morgan fingerprint density at radius 2 is 1.55 bits per heavy atom. The van der Waals surface area contributed by atoms with Crippen LogP contribution in [0.15, 0.2) is 78.9 Å². The topological polar surface area (TPSA) is 96.0 Å². The lowest BCUT2D eigenvalue weighted by Gasteiger charge is -2.31. The van der Waals surface area contributed by atoms with Gasteiger partial charge in [0.15, 0.2) is 0 Å². The lowest BCUT2D eigenvalue weighted by molar-refractivity contribution is -0.139. The Morgan fingerprint density at radius 3 is 2.15 bits per heavy atom. The molecule has 0 bridgehead atoms. The summed E-state index contributed by atoms with van der Waals surface area (Å²) in [4.78, 5) is 28.1. The predicted molar refractivity (Wildman–Crippen MR) is 158 cm³/mol. The molecule has 0 heterocycles. The maximum atomic E-state index is 13.7. The van der Waals surface area contributed by atoms with E-state index >= 15 is 0 Å². The number of benzene rings is 3. The van der Waals surface area contributed by atoms with E-state index in [-0.39, 0.29) is 18.4 Å². The van der Waals surface area contributed by atoms with E-state index in [9.17, 15) is 18.0 Å². The number of carbonyl (C=O) groups is 2. The van der Waals surface area contributed by atoms with E-state index in [1.807, 2.05) is 75.4 Å². The molecule has 1 N–H and O–H groups in total. The molecule has 0 aliphatic rings. The number of hydrogen-bond acceptors (Lipinski definition) is 5. The zero-order valence-electron chi connectivity index (χ0n) is 23.8. The number of sulfonamides is 1. The van der Waals surface area contributed by atoms with E-state index in [0.29, 0.717) is 24.6 Å². The van der Waals surface area contributed by atoms with Crippen LogP contribution in [0, 0.1) is 12.8 Å². The molecule has 0 spiro atoms. The molecule has 0 aliphatic carbocycles. The van der Waals surface area contributed by atoms with Crippen molar-refractivity contribution in [1.82, 2.24) is 10.2 Å². The molecule has 3 aromatic carbocycles. The van der Waals surface area contributed by atoms with Crippen LogP contribution in [0.2, 0.25) is 0 Å². The zero-order chi connectivity index (χ0) is 29.3. The van der Waals surface area contributed by atoms with Crippen molar-refractivity contribution in [3.63, 3.8) is 0 Å². The van der Waals surface area contributed by atoms with Crippen molar-refractivity contribution in [2.75, 3.05) is 23.7 Å². The number of aryl methyl sites for hydroxylation is 1.